The predicted molar refractivity (Wildman–Crippen MR) is 111 cm³/mol. The summed E-state index contributed by atoms with van der Waals surface area (Å²) >= 11 is 0. The molecule has 3 aromatic rings. The molecule has 0 bridgehead atoms. The van der Waals surface area contributed by atoms with Crippen molar-refractivity contribution < 1.29 is 9.53 Å². The molecule has 1 N–H and O–H groups in total. The minimum Gasteiger partial charge on any atom is -0.491 e. The molecule has 6 heteroatoms. The fourth-order valence-electron chi connectivity index (χ4n) is 2.75. The number of nitrogens with zero attached hydrogens (tertiary/aromatic N) is 3. The van der Waals surface area contributed by atoms with Crippen molar-refractivity contribution >= 4 is 23.2 Å². The molecule has 1 heterocycles. The molecule has 0 radical (unpaired) electrons. The number of carbonyl (C=O) groups excluding carboxylic acids is 1. The number of rotatable bonds is 7. The van der Waals surface area contributed by atoms with Crippen molar-refractivity contribution in [1.29, 1.82) is 0 Å². The molecule has 0 unspecified atom stereocenters. The molecule has 0 saturated heterocycles. The highest BCUT2D eigenvalue weighted by Gasteiger charge is 2.18. The number of anilines is 3. The molecular formula is C22H24N4O2. The first-order valence-corrected chi connectivity index (χ1v) is 9.30. The third-order valence-electron chi connectivity index (χ3n) is 3.99. The van der Waals surface area contributed by atoms with Crippen LogP contribution in [0, 0.1) is 0 Å². The molecule has 1 amide bonds. The van der Waals surface area contributed by atoms with Crippen molar-refractivity contribution in [2.24, 2.45) is 0 Å². The van der Waals surface area contributed by atoms with Crippen LogP contribution in [0.4, 0.5) is 17.3 Å². The molecule has 0 aliphatic rings. The van der Waals surface area contributed by atoms with Crippen molar-refractivity contribution in [3.8, 4) is 5.75 Å². The van der Waals surface area contributed by atoms with Gasteiger partial charge in [0.25, 0.3) is 5.91 Å². The molecule has 0 atom stereocenters. The van der Waals surface area contributed by atoms with Gasteiger partial charge < -0.3 is 15.0 Å². The highest BCUT2D eigenvalue weighted by Crippen LogP contribution is 2.20. The van der Waals surface area contributed by atoms with Gasteiger partial charge in [-0.1, -0.05) is 18.2 Å². The number of para-hydroxylation sites is 1. The zero-order valence-electron chi connectivity index (χ0n) is 16.3. The lowest BCUT2D eigenvalue weighted by molar-refractivity contribution is 0.0983. The lowest BCUT2D eigenvalue weighted by Gasteiger charge is -2.20. The van der Waals surface area contributed by atoms with Crippen LogP contribution in [-0.2, 0) is 0 Å². The van der Waals surface area contributed by atoms with Crippen LogP contribution >= 0.6 is 0 Å². The van der Waals surface area contributed by atoms with Gasteiger partial charge in [-0.05, 0) is 63.2 Å². The van der Waals surface area contributed by atoms with Crippen LogP contribution in [-0.4, -0.2) is 28.5 Å². The number of aromatic nitrogens is 2. The summed E-state index contributed by atoms with van der Waals surface area (Å²) in [6.45, 7) is 6.45. The Morgan fingerprint density at radius 3 is 2.43 bits per heavy atom. The second-order valence-electron chi connectivity index (χ2n) is 6.47. The van der Waals surface area contributed by atoms with Crippen LogP contribution in [0.3, 0.4) is 0 Å². The number of amides is 1. The third-order valence-corrected chi connectivity index (χ3v) is 3.99. The molecule has 0 aliphatic carbocycles. The molecule has 0 fully saturated rings. The Kier molecular flexibility index (Phi) is 6.22. The standard InChI is InChI=1S/C22H24N4O2/c1-4-26(18-8-6-5-7-9-18)21(27)20-14-15-23-22(25-20)24-17-10-12-19(13-11-17)28-16(2)3/h5-16H,4H2,1-3H3,(H,23,24,25). The molecule has 2 aromatic carbocycles. The normalized spacial score (nSPS) is 10.6. The van der Waals surface area contributed by atoms with Gasteiger partial charge in [-0.3, -0.25) is 4.79 Å². The molecule has 0 spiro atoms. The number of nitrogens with one attached hydrogen (secondary N) is 1. The van der Waals surface area contributed by atoms with E-state index in [0.29, 0.717) is 18.2 Å². The second-order valence-corrected chi connectivity index (χ2v) is 6.47. The van der Waals surface area contributed by atoms with Crippen LogP contribution in [0.1, 0.15) is 31.3 Å². The van der Waals surface area contributed by atoms with Crippen LogP contribution in [0.2, 0.25) is 0 Å². The van der Waals surface area contributed by atoms with Gasteiger partial charge in [0.15, 0.2) is 0 Å². The molecule has 0 saturated carbocycles. The van der Waals surface area contributed by atoms with E-state index in [1.807, 2.05) is 75.4 Å². The van der Waals surface area contributed by atoms with E-state index >= 15 is 0 Å². The third kappa shape index (κ3) is 4.85. The zero-order chi connectivity index (χ0) is 19.9. The van der Waals surface area contributed by atoms with Crippen molar-refractivity contribution in [3.63, 3.8) is 0 Å². The van der Waals surface area contributed by atoms with E-state index in [4.69, 9.17) is 4.74 Å². The quantitative estimate of drug-likeness (QED) is 0.649. The lowest BCUT2D eigenvalue weighted by Crippen LogP contribution is -2.31. The summed E-state index contributed by atoms with van der Waals surface area (Å²) in [7, 11) is 0. The van der Waals surface area contributed by atoms with E-state index < -0.39 is 0 Å². The van der Waals surface area contributed by atoms with E-state index in [9.17, 15) is 4.79 Å². The molecule has 6 nitrogen and oxygen atoms in total. The molecule has 1 aromatic heterocycles. The van der Waals surface area contributed by atoms with Gasteiger partial charge >= 0.3 is 0 Å². The largest absolute Gasteiger partial charge is 0.491 e. The van der Waals surface area contributed by atoms with Crippen LogP contribution < -0.4 is 15.0 Å². The molecule has 0 aliphatic heterocycles. The minimum absolute atomic E-state index is 0.121. The first kappa shape index (κ1) is 19.4. The van der Waals surface area contributed by atoms with E-state index in [1.165, 1.54) is 0 Å². The zero-order valence-corrected chi connectivity index (χ0v) is 16.3. The average molecular weight is 376 g/mol. The van der Waals surface area contributed by atoms with Gasteiger partial charge in [0.2, 0.25) is 5.95 Å². The summed E-state index contributed by atoms with van der Waals surface area (Å²) in [5.74, 6) is 0.999. The maximum absolute atomic E-state index is 12.9. The Labute approximate surface area is 165 Å². The van der Waals surface area contributed by atoms with Crippen LogP contribution in [0.5, 0.6) is 5.75 Å². The Morgan fingerprint density at radius 1 is 1.07 bits per heavy atom. The first-order chi connectivity index (χ1) is 13.6. The van der Waals surface area contributed by atoms with Gasteiger partial charge in [0.05, 0.1) is 6.10 Å². The SMILES string of the molecule is CCN(C(=O)c1ccnc(Nc2ccc(OC(C)C)cc2)n1)c1ccccc1. The van der Waals surface area contributed by atoms with Crippen LogP contribution in [0.25, 0.3) is 0 Å². The maximum atomic E-state index is 12.9. The predicted octanol–water partition coefficient (Wildman–Crippen LogP) is 4.67. The lowest BCUT2D eigenvalue weighted by atomic mass is 10.2. The Morgan fingerprint density at radius 2 is 1.79 bits per heavy atom. The highest BCUT2D eigenvalue weighted by atomic mass is 16.5. The maximum Gasteiger partial charge on any atom is 0.277 e. The van der Waals surface area contributed by atoms with E-state index in [1.54, 1.807) is 17.2 Å². The number of benzene rings is 2. The van der Waals surface area contributed by atoms with Gasteiger partial charge in [0, 0.05) is 24.1 Å². The van der Waals surface area contributed by atoms with E-state index in [2.05, 4.69) is 15.3 Å². The summed E-state index contributed by atoms with van der Waals surface area (Å²) in [6, 6.07) is 18.7. The van der Waals surface area contributed by atoms with E-state index in [-0.39, 0.29) is 12.0 Å². The number of ether oxygens (including phenoxy) is 1. The number of hydrogen-bond acceptors (Lipinski definition) is 5. The Bertz CT molecular complexity index is 911. The van der Waals surface area contributed by atoms with Gasteiger partial charge in [-0.15, -0.1) is 0 Å². The minimum atomic E-state index is -0.167. The van der Waals surface area contributed by atoms with Crippen LogP contribution in [0.15, 0.2) is 66.9 Å². The van der Waals surface area contributed by atoms with Gasteiger partial charge in [-0.2, -0.15) is 0 Å². The van der Waals surface area contributed by atoms with Crippen molar-refractivity contribution in [2.75, 3.05) is 16.8 Å². The second kappa shape index (κ2) is 8.99. The fraction of sp³-hybridized carbons (Fsp3) is 0.227. The van der Waals surface area contributed by atoms with Crippen molar-refractivity contribution in [2.45, 2.75) is 26.9 Å². The Hall–Kier alpha value is -3.41. The molecule has 3 rings (SSSR count). The molecule has 28 heavy (non-hydrogen) atoms. The number of hydrogen-bond donors (Lipinski definition) is 1. The average Bonchev–Trinajstić information content (AvgIpc) is 2.71. The molecular weight excluding hydrogens is 352 g/mol. The summed E-state index contributed by atoms with van der Waals surface area (Å²) in [5, 5.41) is 3.13. The van der Waals surface area contributed by atoms with Gasteiger partial charge in [0.1, 0.15) is 11.4 Å². The summed E-state index contributed by atoms with van der Waals surface area (Å²) in [5.41, 5.74) is 1.99. The summed E-state index contributed by atoms with van der Waals surface area (Å²) in [6.07, 6.45) is 1.70. The summed E-state index contributed by atoms with van der Waals surface area (Å²) in [4.78, 5) is 23.2. The Balaban J connectivity index is 1.75. The summed E-state index contributed by atoms with van der Waals surface area (Å²) < 4.78 is 5.64. The molecule has 144 valence electrons. The topological polar surface area (TPSA) is 67.4 Å². The fourth-order valence-corrected chi connectivity index (χ4v) is 2.75. The number of carbonyl (C=O) groups is 1. The monoisotopic (exact) mass is 376 g/mol. The smallest absolute Gasteiger partial charge is 0.277 e. The highest BCUT2D eigenvalue weighted by molar-refractivity contribution is 6.04. The first-order valence-electron chi connectivity index (χ1n) is 9.30. The van der Waals surface area contributed by atoms with Gasteiger partial charge in [-0.25, -0.2) is 9.97 Å². The van der Waals surface area contributed by atoms with Crippen molar-refractivity contribution in [1.82, 2.24) is 9.97 Å². The van der Waals surface area contributed by atoms with E-state index in [0.717, 1.165) is 17.1 Å². The van der Waals surface area contributed by atoms with Crippen molar-refractivity contribution in [3.05, 3.63) is 72.6 Å².